The summed E-state index contributed by atoms with van der Waals surface area (Å²) in [6.07, 6.45) is -4.57. The molecule has 2 heterocycles. The van der Waals surface area contributed by atoms with Gasteiger partial charge in [0.1, 0.15) is 0 Å². The minimum absolute atomic E-state index is 0.0409. The van der Waals surface area contributed by atoms with Crippen LogP contribution >= 0.6 is 35.0 Å². The van der Waals surface area contributed by atoms with Crippen molar-refractivity contribution >= 4 is 46.6 Å². The molecule has 1 saturated heterocycles. The molecular weight excluding hydrogens is 460 g/mol. The van der Waals surface area contributed by atoms with Crippen molar-refractivity contribution < 1.29 is 22.8 Å². The quantitative estimate of drug-likeness (QED) is 0.631. The highest BCUT2D eigenvalue weighted by atomic mass is 35.5. The smallest absolute Gasteiger partial charge is 0.374 e. The fraction of sp³-hybridized carbons (Fsp3) is 0.300. The zero-order valence-electron chi connectivity index (χ0n) is 15.3. The van der Waals surface area contributed by atoms with Crippen LogP contribution in [0.2, 0.25) is 10.0 Å². The molecule has 0 bridgehead atoms. The van der Waals surface area contributed by atoms with Crippen LogP contribution in [-0.4, -0.2) is 29.6 Å². The topological polar surface area (TPSA) is 50.7 Å². The maximum Gasteiger partial charge on any atom is 0.435 e. The van der Waals surface area contributed by atoms with Crippen molar-refractivity contribution in [3.63, 3.8) is 0 Å². The number of amides is 1. The van der Waals surface area contributed by atoms with Crippen molar-refractivity contribution in [1.29, 1.82) is 0 Å². The Balaban J connectivity index is 1.63. The Morgan fingerprint density at radius 3 is 2.53 bits per heavy atom. The largest absolute Gasteiger partial charge is 0.435 e. The molecule has 158 valence electrons. The van der Waals surface area contributed by atoms with E-state index in [1.165, 1.54) is 30.0 Å². The highest BCUT2D eigenvalue weighted by molar-refractivity contribution is 8.00. The second-order valence-electron chi connectivity index (χ2n) is 7.00. The monoisotopic (exact) mass is 474 g/mol. The van der Waals surface area contributed by atoms with Crippen molar-refractivity contribution in [3.05, 3.63) is 63.6 Å². The van der Waals surface area contributed by atoms with Crippen LogP contribution in [0, 0.1) is 0 Å². The molecule has 10 heteroatoms. The van der Waals surface area contributed by atoms with Crippen molar-refractivity contribution in [2.24, 2.45) is 5.16 Å². The predicted molar refractivity (Wildman–Crippen MR) is 110 cm³/mol. The number of nitrogens with zero attached hydrogens (tertiary/aromatic N) is 1. The summed E-state index contributed by atoms with van der Waals surface area (Å²) in [5.74, 6) is -0.0409. The minimum atomic E-state index is -4.75. The number of alkyl halides is 3. The van der Waals surface area contributed by atoms with E-state index in [1.807, 2.05) is 6.07 Å². The zero-order valence-corrected chi connectivity index (χ0v) is 17.6. The summed E-state index contributed by atoms with van der Waals surface area (Å²) >= 11 is 13.2. The fourth-order valence-electron chi connectivity index (χ4n) is 3.44. The summed E-state index contributed by atoms with van der Waals surface area (Å²) < 4.78 is 42.3. The third kappa shape index (κ3) is 4.00. The Morgan fingerprint density at radius 1 is 1.17 bits per heavy atom. The number of oxime groups is 1. The first-order valence-electron chi connectivity index (χ1n) is 9.01. The van der Waals surface area contributed by atoms with Gasteiger partial charge < -0.3 is 10.2 Å². The van der Waals surface area contributed by atoms with Crippen LogP contribution in [0.25, 0.3) is 0 Å². The molecule has 0 radical (unpaired) electrons. The molecule has 0 saturated carbocycles. The Labute approximate surface area is 184 Å². The number of nitrogens with one attached hydrogen (secondary N) is 1. The van der Waals surface area contributed by atoms with Gasteiger partial charge in [-0.2, -0.15) is 13.2 Å². The molecule has 0 spiro atoms. The van der Waals surface area contributed by atoms with Crippen molar-refractivity contribution in [2.75, 3.05) is 6.54 Å². The number of thioether (sulfide) groups is 1. The van der Waals surface area contributed by atoms with Crippen molar-refractivity contribution in [3.8, 4) is 0 Å². The minimum Gasteiger partial charge on any atom is -0.374 e. The van der Waals surface area contributed by atoms with Gasteiger partial charge in [0.2, 0.25) is 5.91 Å². The van der Waals surface area contributed by atoms with Crippen LogP contribution in [0.15, 0.2) is 52.5 Å². The number of carbonyl (C=O) groups excluding carboxylic acids is 1. The summed E-state index contributed by atoms with van der Waals surface area (Å²) in [5, 5.41) is 6.47. The van der Waals surface area contributed by atoms with E-state index in [2.05, 4.69) is 10.5 Å². The lowest BCUT2D eigenvalue weighted by atomic mass is 9.86. The maximum atomic E-state index is 14.1. The Morgan fingerprint density at radius 2 is 1.90 bits per heavy atom. The van der Waals surface area contributed by atoms with Crippen LogP contribution in [0.4, 0.5) is 13.2 Å². The van der Waals surface area contributed by atoms with Crippen LogP contribution < -0.4 is 5.32 Å². The van der Waals surface area contributed by atoms with Gasteiger partial charge in [0.25, 0.3) is 5.60 Å². The zero-order chi connectivity index (χ0) is 21.5. The third-order valence-electron chi connectivity index (χ3n) is 4.96. The molecule has 2 aromatic rings. The van der Waals surface area contributed by atoms with Gasteiger partial charge in [0.05, 0.1) is 11.0 Å². The molecule has 2 aliphatic heterocycles. The van der Waals surface area contributed by atoms with Crippen LogP contribution in [0.5, 0.6) is 0 Å². The Bertz CT molecular complexity index is 1010. The first-order valence-corrected chi connectivity index (χ1v) is 10.6. The lowest BCUT2D eigenvalue weighted by Gasteiger charge is -2.29. The van der Waals surface area contributed by atoms with Gasteiger partial charge in [-0.05, 0) is 36.8 Å². The molecule has 1 N–H and O–H groups in total. The van der Waals surface area contributed by atoms with Gasteiger partial charge in [-0.3, -0.25) is 4.79 Å². The van der Waals surface area contributed by atoms with E-state index in [0.29, 0.717) is 18.5 Å². The molecular formula is C20H15Cl2F3N2O2S. The standard InChI is InChI=1S/C20H15Cl2F3N2O2S/c21-13-7-12(8-14(22)9-13)19(20(23,24)25)10-16(27-29-19)11-2-1-3-15(6-11)30-17-4-5-26-18(17)28/h1-3,6-9,17H,4-5,10H2,(H,26,28). The molecule has 2 unspecified atom stereocenters. The number of carbonyl (C=O) groups is 1. The van der Waals surface area contributed by atoms with Gasteiger partial charge in [-0.25, -0.2) is 0 Å². The maximum absolute atomic E-state index is 14.1. The molecule has 0 aromatic heterocycles. The number of hydrogen-bond acceptors (Lipinski definition) is 4. The lowest BCUT2D eigenvalue weighted by Crippen LogP contribution is -2.42. The normalized spacial score (nSPS) is 23.8. The molecule has 4 rings (SSSR count). The molecule has 2 aliphatic rings. The molecule has 4 nitrogen and oxygen atoms in total. The van der Waals surface area contributed by atoms with E-state index in [9.17, 15) is 18.0 Å². The summed E-state index contributed by atoms with van der Waals surface area (Å²) in [6.45, 7) is 0.618. The number of rotatable bonds is 4. The SMILES string of the molecule is O=C1NCCC1Sc1cccc(C2=NOC(c3cc(Cl)cc(Cl)c3)(C(F)(F)F)C2)c1. The van der Waals surface area contributed by atoms with Crippen LogP contribution in [0.1, 0.15) is 24.0 Å². The van der Waals surface area contributed by atoms with E-state index in [1.54, 1.807) is 18.2 Å². The molecule has 1 amide bonds. The summed E-state index contributed by atoms with van der Waals surface area (Å²) in [4.78, 5) is 17.6. The molecule has 0 aliphatic carbocycles. The van der Waals surface area contributed by atoms with Gasteiger partial charge in [-0.1, -0.05) is 40.5 Å². The lowest BCUT2D eigenvalue weighted by molar-refractivity contribution is -0.275. The average molecular weight is 475 g/mol. The second kappa shape index (κ2) is 7.98. The molecule has 2 atom stereocenters. The highest BCUT2D eigenvalue weighted by Crippen LogP contribution is 2.49. The van der Waals surface area contributed by atoms with Gasteiger partial charge in [-0.15, -0.1) is 11.8 Å². The van der Waals surface area contributed by atoms with E-state index < -0.39 is 18.2 Å². The van der Waals surface area contributed by atoms with E-state index in [-0.39, 0.29) is 32.5 Å². The summed E-state index contributed by atoms with van der Waals surface area (Å²) in [6, 6.07) is 10.6. The third-order valence-corrected chi connectivity index (χ3v) is 6.66. The predicted octanol–water partition coefficient (Wildman–Crippen LogP) is 5.56. The number of benzene rings is 2. The van der Waals surface area contributed by atoms with Crippen LogP contribution in [-0.2, 0) is 15.2 Å². The first-order chi connectivity index (χ1) is 14.2. The molecule has 1 fully saturated rings. The highest BCUT2D eigenvalue weighted by Gasteiger charge is 2.62. The molecule has 30 heavy (non-hydrogen) atoms. The van der Waals surface area contributed by atoms with E-state index >= 15 is 0 Å². The van der Waals surface area contributed by atoms with Gasteiger partial charge in [0, 0.05) is 39.0 Å². The van der Waals surface area contributed by atoms with Gasteiger partial charge >= 0.3 is 6.18 Å². The average Bonchev–Trinajstić information content (AvgIpc) is 3.29. The number of hydrogen-bond donors (Lipinski definition) is 1. The van der Waals surface area contributed by atoms with Crippen LogP contribution in [0.3, 0.4) is 0 Å². The second-order valence-corrected chi connectivity index (χ2v) is 9.15. The fourth-order valence-corrected chi connectivity index (χ4v) is 5.08. The van der Waals surface area contributed by atoms with Crippen molar-refractivity contribution in [2.45, 2.75) is 34.8 Å². The van der Waals surface area contributed by atoms with Crippen molar-refractivity contribution in [1.82, 2.24) is 5.32 Å². The van der Waals surface area contributed by atoms with E-state index in [4.69, 9.17) is 28.0 Å². The Kier molecular flexibility index (Phi) is 5.67. The number of halogens is 5. The molecule has 2 aromatic carbocycles. The summed E-state index contributed by atoms with van der Waals surface area (Å²) in [5.41, 5.74) is -2.23. The van der Waals surface area contributed by atoms with Gasteiger partial charge in [0.15, 0.2) is 0 Å². The summed E-state index contributed by atoms with van der Waals surface area (Å²) in [7, 11) is 0. The first kappa shape index (κ1) is 21.3. The van der Waals surface area contributed by atoms with E-state index in [0.717, 1.165) is 4.90 Å². The Hall–Kier alpha value is -1.90.